The standard InChI is InChI=1S/C13H15NO2/c1-9(4-5-15)11-6-10(2)13(16-3)12(7-11)8-14/h5-7,9H,4H2,1-3H3. The molecule has 3 nitrogen and oxygen atoms in total. The second-order valence-electron chi connectivity index (χ2n) is 3.83. The molecule has 0 saturated heterocycles. The van der Waals surface area contributed by atoms with Crippen molar-refractivity contribution < 1.29 is 9.53 Å². The number of carbonyl (C=O) groups is 1. The smallest absolute Gasteiger partial charge is 0.139 e. The van der Waals surface area contributed by atoms with Gasteiger partial charge in [0.05, 0.1) is 12.7 Å². The first-order chi connectivity index (χ1) is 7.63. The van der Waals surface area contributed by atoms with Crippen molar-refractivity contribution >= 4 is 6.29 Å². The van der Waals surface area contributed by atoms with E-state index in [1.807, 2.05) is 19.9 Å². The van der Waals surface area contributed by atoms with E-state index in [1.165, 1.54) is 0 Å². The molecule has 1 aromatic rings. The Morgan fingerprint density at radius 2 is 2.25 bits per heavy atom. The maximum absolute atomic E-state index is 10.5. The zero-order valence-electron chi connectivity index (χ0n) is 9.78. The van der Waals surface area contributed by atoms with Crippen LogP contribution in [0, 0.1) is 18.3 Å². The van der Waals surface area contributed by atoms with E-state index < -0.39 is 0 Å². The quantitative estimate of drug-likeness (QED) is 0.728. The van der Waals surface area contributed by atoms with Crippen molar-refractivity contribution in [2.45, 2.75) is 26.2 Å². The number of ether oxygens (including phenoxy) is 1. The van der Waals surface area contributed by atoms with Gasteiger partial charge in [-0.25, -0.2) is 0 Å². The lowest BCUT2D eigenvalue weighted by molar-refractivity contribution is -0.108. The summed E-state index contributed by atoms with van der Waals surface area (Å²) in [5.74, 6) is 0.749. The van der Waals surface area contributed by atoms with Crippen molar-refractivity contribution in [1.29, 1.82) is 5.26 Å². The maximum Gasteiger partial charge on any atom is 0.139 e. The topological polar surface area (TPSA) is 50.1 Å². The molecule has 0 aliphatic carbocycles. The molecule has 0 spiro atoms. The highest BCUT2D eigenvalue weighted by Gasteiger charge is 2.12. The Labute approximate surface area is 95.7 Å². The molecular weight excluding hydrogens is 202 g/mol. The first kappa shape index (κ1) is 12.3. The summed E-state index contributed by atoms with van der Waals surface area (Å²) in [6.45, 7) is 3.87. The highest BCUT2D eigenvalue weighted by Crippen LogP contribution is 2.28. The van der Waals surface area contributed by atoms with Gasteiger partial charge in [-0.3, -0.25) is 0 Å². The Kier molecular flexibility index (Phi) is 4.07. The number of nitriles is 1. The van der Waals surface area contributed by atoms with Crippen LogP contribution in [0.3, 0.4) is 0 Å². The molecule has 1 unspecified atom stereocenters. The van der Waals surface area contributed by atoms with Crippen molar-refractivity contribution in [3.05, 3.63) is 28.8 Å². The number of hydrogen-bond acceptors (Lipinski definition) is 3. The van der Waals surface area contributed by atoms with Crippen LogP contribution >= 0.6 is 0 Å². The molecule has 0 heterocycles. The minimum absolute atomic E-state index is 0.134. The van der Waals surface area contributed by atoms with E-state index in [0.717, 1.165) is 17.4 Å². The molecule has 0 aliphatic rings. The van der Waals surface area contributed by atoms with Crippen LogP contribution in [-0.2, 0) is 4.79 Å². The molecule has 0 fully saturated rings. The van der Waals surface area contributed by atoms with Gasteiger partial charge in [-0.05, 0) is 30.0 Å². The lowest BCUT2D eigenvalue weighted by Crippen LogP contribution is -1.99. The van der Waals surface area contributed by atoms with Crippen LogP contribution in [0.15, 0.2) is 12.1 Å². The van der Waals surface area contributed by atoms with Crippen LogP contribution in [-0.4, -0.2) is 13.4 Å². The zero-order chi connectivity index (χ0) is 12.1. The summed E-state index contributed by atoms with van der Waals surface area (Å²) in [4.78, 5) is 10.5. The van der Waals surface area contributed by atoms with Crippen LogP contribution in [0.5, 0.6) is 5.75 Å². The summed E-state index contributed by atoms with van der Waals surface area (Å²) in [6, 6.07) is 5.87. The van der Waals surface area contributed by atoms with E-state index in [9.17, 15) is 4.79 Å². The largest absolute Gasteiger partial charge is 0.495 e. The number of nitrogens with zero attached hydrogens (tertiary/aromatic N) is 1. The van der Waals surface area contributed by atoms with E-state index in [0.29, 0.717) is 17.7 Å². The second kappa shape index (κ2) is 5.32. The summed E-state index contributed by atoms with van der Waals surface area (Å²) in [6.07, 6.45) is 1.37. The molecule has 0 aromatic heterocycles. The Balaban J connectivity index is 3.21. The molecule has 84 valence electrons. The van der Waals surface area contributed by atoms with E-state index >= 15 is 0 Å². The summed E-state index contributed by atoms with van der Waals surface area (Å²) < 4.78 is 5.17. The van der Waals surface area contributed by atoms with Gasteiger partial charge in [0.1, 0.15) is 18.1 Å². The lowest BCUT2D eigenvalue weighted by atomic mass is 9.94. The Bertz CT molecular complexity index is 432. The number of aldehydes is 1. The average Bonchev–Trinajstić information content (AvgIpc) is 2.28. The van der Waals surface area contributed by atoms with Gasteiger partial charge in [0.15, 0.2) is 0 Å². The van der Waals surface area contributed by atoms with Gasteiger partial charge >= 0.3 is 0 Å². The van der Waals surface area contributed by atoms with E-state index in [1.54, 1.807) is 13.2 Å². The molecule has 0 saturated carbocycles. The number of carbonyl (C=O) groups excluding carboxylic acids is 1. The van der Waals surface area contributed by atoms with E-state index in [-0.39, 0.29) is 5.92 Å². The fraction of sp³-hybridized carbons (Fsp3) is 0.385. The first-order valence-electron chi connectivity index (χ1n) is 5.16. The summed E-state index contributed by atoms with van der Waals surface area (Å²) in [5.41, 5.74) is 2.45. The van der Waals surface area contributed by atoms with Crippen LogP contribution in [0.25, 0.3) is 0 Å². The van der Waals surface area contributed by atoms with Crippen LogP contribution < -0.4 is 4.74 Å². The van der Waals surface area contributed by atoms with Crippen molar-refractivity contribution in [2.75, 3.05) is 7.11 Å². The van der Waals surface area contributed by atoms with Gasteiger partial charge in [-0.1, -0.05) is 13.0 Å². The molecular formula is C13H15NO2. The van der Waals surface area contributed by atoms with Crippen LogP contribution in [0.1, 0.15) is 36.0 Å². The van der Waals surface area contributed by atoms with Crippen molar-refractivity contribution in [3.63, 3.8) is 0 Å². The molecule has 1 aromatic carbocycles. The highest BCUT2D eigenvalue weighted by atomic mass is 16.5. The van der Waals surface area contributed by atoms with Crippen molar-refractivity contribution in [2.24, 2.45) is 0 Å². The fourth-order valence-electron chi connectivity index (χ4n) is 1.72. The monoisotopic (exact) mass is 217 g/mol. The summed E-state index contributed by atoms with van der Waals surface area (Å²) in [5, 5.41) is 9.01. The molecule has 0 amide bonds. The second-order valence-corrected chi connectivity index (χ2v) is 3.83. The minimum atomic E-state index is 0.134. The SMILES string of the molecule is COc1c(C)cc(C(C)CC=O)cc1C#N. The Morgan fingerprint density at radius 1 is 1.56 bits per heavy atom. The third-order valence-corrected chi connectivity index (χ3v) is 2.64. The van der Waals surface area contributed by atoms with Crippen LogP contribution in [0.2, 0.25) is 0 Å². The molecule has 16 heavy (non-hydrogen) atoms. The zero-order valence-corrected chi connectivity index (χ0v) is 9.78. The predicted octanol–water partition coefficient (Wildman–Crippen LogP) is 2.57. The number of benzene rings is 1. The minimum Gasteiger partial charge on any atom is -0.495 e. The molecule has 1 rings (SSSR count). The lowest BCUT2D eigenvalue weighted by Gasteiger charge is -2.13. The number of aryl methyl sites for hydroxylation is 1. The molecule has 0 bridgehead atoms. The van der Waals surface area contributed by atoms with Gasteiger partial charge in [-0.15, -0.1) is 0 Å². The summed E-state index contributed by atoms with van der Waals surface area (Å²) >= 11 is 0. The van der Waals surface area contributed by atoms with Gasteiger partial charge in [-0.2, -0.15) is 5.26 Å². The number of rotatable bonds is 4. The van der Waals surface area contributed by atoms with E-state index in [2.05, 4.69) is 6.07 Å². The third-order valence-electron chi connectivity index (χ3n) is 2.64. The highest BCUT2D eigenvalue weighted by molar-refractivity contribution is 5.54. The Hall–Kier alpha value is -1.82. The molecule has 0 N–H and O–H groups in total. The fourth-order valence-corrected chi connectivity index (χ4v) is 1.72. The van der Waals surface area contributed by atoms with Crippen molar-refractivity contribution in [3.8, 4) is 11.8 Å². The normalized spacial score (nSPS) is 11.6. The average molecular weight is 217 g/mol. The number of methoxy groups -OCH3 is 1. The predicted molar refractivity (Wildman–Crippen MR) is 61.5 cm³/mol. The molecule has 3 heteroatoms. The molecule has 0 aliphatic heterocycles. The van der Waals surface area contributed by atoms with Gasteiger partial charge in [0.25, 0.3) is 0 Å². The van der Waals surface area contributed by atoms with Gasteiger partial charge in [0.2, 0.25) is 0 Å². The third kappa shape index (κ3) is 2.40. The first-order valence-corrected chi connectivity index (χ1v) is 5.16. The van der Waals surface area contributed by atoms with Crippen LogP contribution in [0.4, 0.5) is 0 Å². The molecule has 1 atom stereocenters. The maximum atomic E-state index is 10.5. The Morgan fingerprint density at radius 3 is 2.75 bits per heavy atom. The summed E-state index contributed by atoms with van der Waals surface area (Å²) in [7, 11) is 1.55. The van der Waals surface area contributed by atoms with Gasteiger partial charge in [0, 0.05) is 6.42 Å². The number of hydrogen-bond donors (Lipinski definition) is 0. The molecule has 0 radical (unpaired) electrons. The van der Waals surface area contributed by atoms with Crippen molar-refractivity contribution in [1.82, 2.24) is 0 Å². The van der Waals surface area contributed by atoms with Gasteiger partial charge < -0.3 is 9.53 Å². The van der Waals surface area contributed by atoms with E-state index in [4.69, 9.17) is 10.00 Å².